The van der Waals surface area contributed by atoms with Crippen LogP contribution >= 0.6 is 0 Å². The van der Waals surface area contributed by atoms with E-state index in [9.17, 15) is 29.2 Å². The third-order valence-electron chi connectivity index (χ3n) is 12.7. The minimum absolute atomic E-state index is 0.0461. The van der Waals surface area contributed by atoms with Gasteiger partial charge in [0.25, 0.3) is 8.32 Å². The van der Waals surface area contributed by atoms with Crippen LogP contribution in [0.25, 0.3) is 0 Å². The molecular formula is C40H48N2O6SSi. The van der Waals surface area contributed by atoms with Crippen molar-refractivity contribution >= 4 is 28.5 Å². The van der Waals surface area contributed by atoms with Crippen molar-refractivity contribution in [2.24, 2.45) is 22.2 Å². The Balaban J connectivity index is 1.44. The van der Waals surface area contributed by atoms with Crippen LogP contribution in [0.3, 0.4) is 0 Å². The fourth-order valence-electron chi connectivity index (χ4n) is 10.1. The zero-order chi connectivity index (χ0) is 36.2. The molecule has 50 heavy (non-hydrogen) atoms. The van der Waals surface area contributed by atoms with Crippen LogP contribution in [0.15, 0.2) is 95.9 Å². The first-order valence-corrected chi connectivity index (χ1v) is 21.0. The van der Waals surface area contributed by atoms with E-state index in [-0.39, 0.29) is 48.0 Å². The summed E-state index contributed by atoms with van der Waals surface area (Å²) in [7, 11) is -6.77. The van der Waals surface area contributed by atoms with E-state index in [2.05, 4.69) is 57.2 Å². The highest BCUT2D eigenvalue weighted by molar-refractivity contribution is 7.91. The van der Waals surface area contributed by atoms with E-state index in [4.69, 9.17) is 9.16 Å². The number of aliphatic hydroxyl groups is 2. The smallest absolute Gasteiger partial charge is 0.261 e. The lowest BCUT2D eigenvalue weighted by Gasteiger charge is -2.74. The van der Waals surface area contributed by atoms with Gasteiger partial charge in [0.2, 0.25) is 0 Å². The Morgan fingerprint density at radius 1 is 0.940 bits per heavy atom. The predicted octanol–water partition coefficient (Wildman–Crippen LogP) is 5.15. The Kier molecular flexibility index (Phi) is 9.25. The van der Waals surface area contributed by atoms with Gasteiger partial charge in [-0.15, -0.1) is 0 Å². The first kappa shape index (κ1) is 36.4. The molecule has 2 saturated heterocycles. The van der Waals surface area contributed by atoms with E-state index >= 15 is 0 Å². The minimum atomic E-state index is -3.77. The average Bonchev–Trinajstić information content (AvgIpc) is 3.10. The topological polar surface area (TPSA) is 141 Å². The lowest BCUT2D eigenvalue weighted by atomic mass is 9.34. The zero-order valence-corrected chi connectivity index (χ0v) is 31.4. The molecule has 7 rings (SSSR count). The van der Waals surface area contributed by atoms with Crippen LogP contribution in [0.2, 0.25) is 5.04 Å². The highest BCUT2D eigenvalue weighted by Crippen LogP contribution is 2.74. The number of rotatable bonds is 10. The maximum atomic E-state index is 13.7. The highest BCUT2D eigenvalue weighted by atomic mass is 32.2. The van der Waals surface area contributed by atoms with E-state index in [0.717, 1.165) is 10.4 Å². The maximum absolute atomic E-state index is 13.7. The average molecular weight is 713 g/mol. The lowest BCUT2D eigenvalue weighted by molar-refractivity contribution is -0.371. The molecule has 264 valence electrons. The van der Waals surface area contributed by atoms with Gasteiger partial charge < -0.3 is 19.4 Å². The second-order valence-electron chi connectivity index (χ2n) is 16.1. The van der Waals surface area contributed by atoms with Gasteiger partial charge in [0.15, 0.2) is 15.4 Å². The fourth-order valence-corrected chi connectivity index (χ4v) is 16.2. The molecule has 0 aromatic heterocycles. The highest BCUT2D eigenvalue weighted by Gasteiger charge is 2.79. The summed E-state index contributed by atoms with van der Waals surface area (Å²) >= 11 is 0. The van der Waals surface area contributed by atoms with Crippen molar-refractivity contribution in [2.45, 2.75) is 94.1 Å². The first-order chi connectivity index (χ1) is 23.6. The Morgan fingerprint density at radius 3 is 1.98 bits per heavy atom. The molecular weight excluding hydrogens is 665 g/mol. The van der Waals surface area contributed by atoms with Gasteiger partial charge in [-0.3, -0.25) is 0 Å². The van der Waals surface area contributed by atoms with Crippen LogP contribution < -0.4 is 10.4 Å². The molecule has 2 heterocycles. The van der Waals surface area contributed by atoms with Crippen LogP contribution in [-0.4, -0.2) is 63.2 Å². The van der Waals surface area contributed by atoms with Crippen LogP contribution in [0.5, 0.6) is 0 Å². The van der Waals surface area contributed by atoms with Crippen LogP contribution in [0, 0.1) is 44.8 Å². The monoisotopic (exact) mass is 712 g/mol. The van der Waals surface area contributed by atoms with Crippen LogP contribution in [-0.2, 0) is 19.0 Å². The Labute approximate surface area is 297 Å². The van der Waals surface area contributed by atoms with Crippen molar-refractivity contribution in [1.29, 1.82) is 10.5 Å². The van der Waals surface area contributed by atoms with Crippen molar-refractivity contribution in [3.8, 4) is 12.1 Å². The summed E-state index contributed by atoms with van der Waals surface area (Å²) in [5.74, 6) is -0.790. The summed E-state index contributed by atoms with van der Waals surface area (Å²) in [5.41, 5.74) is -5.02. The molecule has 2 aliphatic carbocycles. The molecule has 3 aromatic carbocycles. The molecule has 2 unspecified atom stereocenters. The van der Waals surface area contributed by atoms with E-state index < -0.39 is 64.2 Å². The molecule has 7 atom stereocenters. The molecule has 4 fully saturated rings. The lowest BCUT2D eigenvalue weighted by Crippen LogP contribution is -2.80. The third-order valence-corrected chi connectivity index (χ3v) is 19.5. The maximum Gasteiger partial charge on any atom is 0.261 e. The van der Waals surface area contributed by atoms with Gasteiger partial charge in [-0.05, 0) is 64.6 Å². The molecule has 2 saturated carbocycles. The molecule has 4 bridgehead atoms. The first-order valence-electron chi connectivity index (χ1n) is 17.5. The van der Waals surface area contributed by atoms with Crippen molar-refractivity contribution in [2.75, 3.05) is 12.4 Å². The molecule has 3 aromatic rings. The van der Waals surface area contributed by atoms with Crippen LogP contribution in [0.1, 0.15) is 60.3 Å². The zero-order valence-electron chi connectivity index (χ0n) is 29.5. The van der Waals surface area contributed by atoms with Gasteiger partial charge in [0.05, 0.1) is 35.0 Å². The molecule has 4 aliphatic rings. The summed E-state index contributed by atoms with van der Waals surface area (Å²) in [6.45, 7) is 10.7. The molecule has 2 N–H and O–H groups in total. The summed E-state index contributed by atoms with van der Waals surface area (Å²) < 4.78 is 41.6. The van der Waals surface area contributed by atoms with Gasteiger partial charge in [-0.1, -0.05) is 113 Å². The molecule has 8 nitrogen and oxygen atoms in total. The normalized spacial score (nSPS) is 30.9. The van der Waals surface area contributed by atoms with Gasteiger partial charge >= 0.3 is 0 Å². The number of hydrogen-bond acceptors (Lipinski definition) is 8. The van der Waals surface area contributed by atoms with Crippen molar-refractivity contribution in [1.82, 2.24) is 0 Å². The van der Waals surface area contributed by atoms with Gasteiger partial charge in [0.1, 0.15) is 6.10 Å². The number of ether oxygens (including phenoxy) is 1. The predicted molar refractivity (Wildman–Crippen MR) is 194 cm³/mol. The number of fused-ring (bicyclic) bond motifs is 1. The summed E-state index contributed by atoms with van der Waals surface area (Å²) in [4.78, 5) is 0.191. The molecule has 2 aliphatic heterocycles. The Bertz CT molecular complexity index is 1850. The second-order valence-corrected chi connectivity index (χ2v) is 22.5. The van der Waals surface area contributed by atoms with Crippen molar-refractivity contribution in [3.63, 3.8) is 0 Å². The van der Waals surface area contributed by atoms with Gasteiger partial charge in [-0.2, -0.15) is 10.5 Å². The summed E-state index contributed by atoms with van der Waals surface area (Å²) in [6.07, 6.45) is -2.49. The molecule has 0 radical (unpaired) electrons. The van der Waals surface area contributed by atoms with E-state index in [1.54, 1.807) is 30.3 Å². The van der Waals surface area contributed by atoms with Gasteiger partial charge in [-0.25, -0.2) is 8.42 Å². The molecule has 0 spiro atoms. The van der Waals surface area contributed by atoms with E-state index in [0.29, 0.717) is 0 Å². The van der Waals surface area contributed by atoms with E-state index in [1.165, 1.54) is 0 Å². The molecule has 0 amide bonds. The SMILES string of the molecule is CC1(C)[C@@H]2C[C@]3(CCO[Si](c4ccccc4)(c4ccccc4)C(C)(C)C)[C@H](O[C@H]2CS(=O)(=O)c2ccccc2)[C@@]1(C(O)C#N)CCC3(O)C#N. The minimum Gasteiger partial charge on any atom is -0.407 e. The second kappa shape index (κ2) is 12.7. The number of benzene rings is 3. The third kappa shape index (κ3) is 5.22. The Morgan fingerprint density at radius 2 is 1.48 bits per heavy atom. The Hall–Kier alpha value is -3.35. The number of nitriles is 2. The number of nitrogens with zero attached hydrogens (tertiary/aromatic N) is 2. The van der Waals surface area contributed by atoms with E-state index in [1.807, 2.05) is 50.2 Å². The van der Waals surface area contributed by atoms with Crippen LogP contribution in [0.4, 0.5) is 0 Å². The number of hydrogen-bond donors (Lipinski definition) is 2. The largest absolute Gasteiger partial charge is 0.407 e. The van der Waals surface area contributed by atoms with Gasteiger partial charge in [0, 0.05) is 17.4 Å². The summed E-state index contributed by atoms with van der Waals surface area (Å²) in [5, 5.41) is 46.8. The quantitative estimate of drug-likeness (QED) is 0.218. The standard InChI is InChI=1S/C40H48N2O6SSi/c1-36(2,3)50(30-17-11-7-12-18-30,31-19-13-8-14-20-31)47-24-23-38-25-32-33(27-49(45,46)29-15-9-6-10-16-29)48-35(38)40(34(43)26-41,37(32,4)5)22-21-39(38,44)28-42/h6-20,32-35,43-44H,21-25,27H2,1-5H3/t32-,33+,34?,35+,38-,39?,40+/m1/s1. The molecule has 10 heteroatoms. The number of sulfone groups is 1. The van der Waals surface area contributed by atoms with Crippen molar-refractivity contribution in [3.05, 3.63) is 91.0 Å². The number of aliphatic hydroxyl groups excluding tert-OH is 1. The van der Waals surface area contributed by atoms with Crippen molar-refractivity contribution < 1.29 is 27.8 Å². The summed E-state index contributed by atoms with van der Waals surface area (Å²) in [6, 6.07) is 33.0. The fraction of sp³-hybridized carbons (Fsp3) is 0.500.